The zero-order valence-electron chi connectivity index (χ0n) is 12.0. The van der Waals surface area contributed by atoms with Crippen molar-refractivity contribution in [2.75, 3.05) is 6.54 Å². The maximum Gasteiger partial charge on any atom is 0.151 e. The molecule has 4 heteroatoms. The number of hydrogen-bond acceptors (Lipinski definition) is 4. The van der Waals surface area contributed by atoms with E-state index in [1.165, 1.54) is 37.8 Å². The van der Waals surface area contributed by atoms with E-state index in [2.05, 4.69) is 10.2 Å². The van der Waals surface area contributed by atoms with Crippen molar-refractivity contribution in [1.82, 2.24) is 15.2 Å². The van der Waals surface area contributed by atoms with Gasteiger partial charge in [0.25, 0.3) is 0 Å². The molecule has 5 rings (SSSR count). The monoisotopic (exact) mass is 272 g/mol. The Labute approximate surface area is 120 Å². The quantitative estimate of drug-likeness (QED) is 0.913. The Bertz CT molecular complexity index is 459. The minimum absolute atomic E-state index is 0.662. The summed E-state index contributed by atoms with van der Waals surface area (Å²) in [5, 5.41) is 8.39. The molecule has 108 valence electrons. The molecule has 20 heavy (non-hydrogen) atoms. The molecule has 0 unspecified atom stereocenters. The highest BCUT2D eigenvalue weighted by Crippen LogP contribution is 2.59. The van der Waals surface area contributed by atoms with Gasteiger partial charge in [-0.15, -0.1) is 5.10 Å². The van der Waals surface area contributed by atoms with Crippen molar-refractivity contribution < 1.29 is 0 Å². The maximum atomic E-state index is 5.58. The Morgan fingerprint density at radius 3 is 2.40 bits per heavy atom. The summed E-state index contributed by atoms with van der Waals surface area (Å²) in [6, 6.07) is 0. The molecule has 1 aromatic heterocycles. The van der Waals surface area contributed by atoms with Crippen LogP contribution in [0.25, 0.3) is 0 Å². The van der Waals surface area contributed by atoms with E-state index >= 15 is 0 Å². The summed E-state index contributed by atoms with van der Waals surface area (Å²) in [6.45, 7) is 0.700. The average molecular weight is 272 g/mol. The van der Waals surface area contributed by atoms with Gasteiger partial charge in [0.2, 0.25) is 0 Å². The normalized spacial score (nSPS) is 38.4. The van der Waals surface area contributed by atoms with Crippen molar-refractivity contribution in [3.8, 4) is 0 Å². The van der Waals surface area contributed by atoms with Crippen LogP contribution in [-0.4, -0.2) is 21.7 Å². The molecule has 4 aliphatic rings. The van der Waals surface area contributed by atoms with Gasteiger partial charge in [0.05, 0.1) is 11.9 Å². The maximum absolute atomic E-state index is 5.58. The van der Waals surface area contributed by atoms with Crippen LogP contribution in [0.2, 0.25) is 0 Å². The lowest BCUT2D eigenvalue weighted by molar-refractivity contribution is -0.00441. The smallest absolute Gasteiger partial charge is 0.151 e. The van der Waals surface area contributed by atoms with Gasteiger partial charge in [-0.1, -0.05) is 0 Å². The fourth-order valence-corrected chi connectivity index (χ4v) is 5.29. The number of nitrogens with two attached hydrogens (primary N) is 1. The molecule has 0 spiro atoms. The van der Waals surface area contributed by atoms with E-state index in [-0.39, 0.29) is 0 Å². The Kier molecular flexibility index (Phi) is 3.21. The number of nitrogens with zero attached hydrogens (tertiary/aromatic N) is 3. The standard InChI is InChI=1S/C16H24N4/c17-3-1-2-15-19-14(9-18-20-15)16-12-5-10-4-11(7-12)8-13(16)6-10/h9-13,16H,1-8,17H2. The van der Waals surface area contributed by atoms with Crippen molar-refractivity contribution in [2.45, 2.75) is 50.9 Å². The first-order valence-electron chi connectivity index (χ1n) is 8.22. The van der Waals surface area contributed by atoms with E-state index in [0.717, 1.165) is 42.3 Å². The van der Waals surface area contributed by atoms with Crippen LogP contribution in [-0.2, 0) is 6.42 Å². The topological polar surface area (TPSA) is 64.7 Å². The molecular weight excluding hydrogens is 248 g/mol. The van der Waals surface area contributed by atoms with Crippen LogP contribution in [0.4, 0.5) is 0 Å². The van der Waals surface area contributed by atoms with Crippen LogP contribution in [0.5, 0.6) is 0 Å². The second-order valence-electron chi connectivity index (χ2n) is 7.15. The van der Waals surface area contributed by atoms with Gasteiger partial charge in [-0.2, -0.15) is 5.10 Å². The lowest BCUT2D eigenvalue weighted by atomic mass is 9.51. The molecule has 1 aromatic rings. The summed E-state index contributed by atoms with van der Waals surface area (Å²) in [6.07, 6.45) is 11.0. The Hall–Kier alpha value is -1.03. The SMILES string of the molecule is NCCCc1nncc(C2C3CC4CC(C3)CC2C4)n1. The van der Waals surface area contributed by atoms with Crippen LogP contribution in [0.3, 0.4) is 0 Å². The fraction of sp³-hybridized carbons (Fsp3) is 0.812. The second-order valence-corrected chi connectivity index (χ2v) is 7.15. The molecule has 0 aliphatic heterocycles. The zero-order chi connectivity index (χ0) is 13.5. The molecule has 0 radical (unpaired) electrons. The summed E-state index contributed by atoms with van der Waals surface area (Å²) in [5.74, 6) is 5.31. The summed E-state index contributed by atoms with van der Waals surface area (Å²) >= 11 is 0. The lowest BCUT2D eigenvalue weighted by Crippen LogP contribution is -2.44. The minimum Gasteiger partial charge on any atom is -0.330 e. The Morgan fingerprint density at radius 1 is 1.05 bits per heavy atom. The van der Waals surface area contributed by atoms with E-state index < -0.39 is 0 Å². The molecule has 4 bridgehead atoms. The first-order valence-corrected chi connectivity index (χ1v) is 8.22. The molecule has 0 amide bonds. The van der Waals surface area contributed by atoms with Crippen molar-refractivity contribution in [3.05, 3.63) is 17.7 Å². The third-order valence-electron chi connectivity index (χ3n) is 5.79. The lowest BCUT2D eigenvalue weighted by Gasteiger charge is -2.54. The van der Waals surface area contributed by atoms with Gasteiger partial charge in [-0.25, -0.2) is 4.98 Å². The highest BCUT2D eigenvalue weighted by Gasteiger charge is 2.49. The first-order chi connectivity index (χ1) is 9.83. The van der Waals surface area contributed by atoms with Crippen molar-refractivity contribution >= 4 is 0 Å². The molecule has 4 aliphatic carbocycles. The zero-order valence-corrected chi connectivity index (χ0v) is 12.0. The van der Waals surface area contributed by atoms with Crippen LogP contribution in [0.1, 0.15) is 56.0 Å². The van der Waals surface area contributed by atoms with Gasteiger partial charge in [0.1, 0.15) is 0 Å². The van der Waals surface area contributed by atoms with Gasteiger partial charge in [0, 0.05) is 12.3 Å². The van der Waals surface area contributed by atoms with Crippen LogP contribution < -0.4 is 5.73 Å². The molecule has 4 saturated carbocycles. The van der Waals surface area contributed by atoms with Gasteiger partial charge in [0.15, 0.2) is 5.82 Å². The molecule has 0 aromatic carbocycles. The van der Waals surface area contributed by atoms with Crippen molar-refractivity contribution in [3.63, 3.8) is 0 Å². The number of hydrogen-bond donors (Lipinski definition) is 1. The van der Waals surface area contributed by atoms with E-state index in [1.807, 2.05) is 6.20 Å². The van der Waals surface area contributed by atoms with E-state index in [1.54, 1.807) is 0 Å². The molecule has 4 nitrogen and oxygen atoms in total. The predicted octanol–water partition coefficient (Wildman–Crippen LogP) is 2.30. The summed E-state index contributed by atoms with van der Waals surface area (Å²) < 4.78 is 0. The third-order valence-corrected chi connectivity index (χ3v) is 5.79. The van der Waals surface area contributed by atoms with E-state index in [9.17, 15) is 0 Å². The number of rotatable bonds is 4. The Morgan fingerprint density at radius 2 is 1.75 bits per heavy atom. The molecular formula is C16H24N4. The predicted molar refractivity (Wildman–Crippen MR) is 77.0 cm³/mol. The molecule has 4 fully saturated rings. The average Bonchev–Trinajstić information content (AvgIpc) is 2.44. The van der Waals surface area contributed by atoms with Gasteiger partial charge in [-0.3, -0.25) is 0 Å². The Balaban J connectivity index is 1.58. The van der Waals surface area contributed by atoms with Crippen molar-refractivity contribution in [1.29, 1.82) is 0 Å². The van der Waals surface area contributed by atoms with E-state index in [4.69, 9.17) is 10.7 Å². The first kappa shape index (κ1) is 12.7. The summed E-state index contributed by atoms with van der Waals surface area (Å²) in [4.78, 5) is 4.83. The number of aromatic nitrogens is 3. The third kappa shape index (κ3) is 2.14. The minimum atomic E-state index is 0.662. The summed E-state index contributed by atoms with van der Waals surface area (Å²) in [7, 11) is 0. The number of aryl methyl sites for hydroxylation is 1. The molecule has 0 atom stereocenters. The second kappa shape index (κ2) is 5.06. The largest absolute Gasteiger partial charge is 0.330 e. The van der Waals surface area contributed by atoms with Gasteiger partial charge >= 0.3 is 0 Å². The summed E-state index contributed by atoms with van der Waals surface area (Å²) in [5.41, 5.74) is 6.80. The van der Waals surface area contributed by atoms with E-state index in [0.29, 0.717) is 12.5 Å². The molecule has 1 heterocycles. The van der Waals surface area contributed by atoms with Crippen LogP contribution in [0, 0.1) is 23.7 Å². The highest BCUT2D eigenvalue weighted by molar-refractivity contribution is 5.14. The van der Waals surface area contributed by atoms with Gasteiger partial charge in [-0.05, 0) is 68.7 Å². The highest BCUT2D eigenvalue weighted by atomic mass is 15.1. The fourth-order valence-electron chi connectivity index (χ4n) is 5.29. The van der Waals surface area contributed by atoms with Crippen molar-refractivity contribution in [2.24, 2.45) is 29.4 Å². The van der Waals surface area contributed by atoms with Crippen LogP contribution in [0.15, 0.2) is 6.20 Å². The van der Waals surface area contributed by atoms with Crippen LogP contribution >= 0.6 is 0 Å². The molecule has 0 saturated heterocycles. The molecule has 2 N–H and O–H groups in total. The van der Waals surface area contributed by atoms with Gasteiger partial charge < -0.3 is 5.73 Å².